The Morgan fingerprint density at radius 3 is 2.88 bits per heavy atom. The van der Waals surface area contributed by atoms with Gasteiger partial charge in [0.15, 0.2) is 0 Å². The van der Waals surface area contributed by atoms with Crippen molar-refractivity contribution in [1.82, 2.24) is 19.5 Å². The predicted molar refractivity (Wildman–Crippen MR) is 127 cm³/mol. The summed E-state index contributed by atoms with van der Waals surface area (Å²) in [5.41, 5.74) is 3.15. The molecule has 0 aromatic carbocycles. The predicted octanol–water partition coefficient (Wildman–Crippen LogP) is 4.22. The van der Waals surface area contributed by atoms with Crippen molar-refractivity contribution >= 4 is 11.3 Å². The molecule has 1 saturated heterocycles. The minimum atomic E-state index is 0.540. The van der Waals surface area contributed by atoms with E-state index < -0.39 is 0 Å². The van der Waals surface area contributed by atoms with Crippen LogP contribution >= 0.6 is 0 Å². The molecule has 1 aliphatic heterocycles. The van der Waals surface area contributed by atoms with E-state index in [4.69, 9.17) is 9.72 Å². The molecule has 3 aromatic heterocycles. The highest BCUT2D eigenvalue weighted by atomic mass is 16.5. The second-order valence-corrected chi connectivity index (χ2v) is 8.50. The lowest BCUT2D eigenvalue weighted by Crippen LogP contribution is -2.36. The van der Waals surface area contributed by atoms with Gasteiger partial charge in [0.2, 0.25) is 0 Å². The van der Waals surface area contributed by atoms with Gasteiger partial charge in [-0.3, -0.25) is 0 Å². The van der Waals surface area contributed by atoms with E-state index in [1.54, 1.807) is 10.7 Å². The van der Waals surface area contributed by atoms with Crippen LogP contribution in [0.3, 0.4) is 0 Å². The molecule has 7 nitrogen and oxygen atoms in total. The van der Waals surface area contributed by atoms with Gasteiger partial charge in [-0.2, -0.15) is 10.4 Å². The SMILES string of the molecule is CCOc1cc(-c2ccc(N(C)CCC3CCCN(CC)C3)nc2)c2c(C#N)cnn2c1. The third-order valence-corrected chi connectivity index (χ3v) is 6.39. The maximum absolute atomic E-state index is 9.52. The topological polar surface area (TPSA) is 69.7 Å². The quantitative estimate of drug-likeness (QED) is 0.531. The first-order valence-corrected chi connectivity index (χ1v) is 11.6. The van der Waals surface area contributed by atoms with Crippen LogP contribution < -0.4 is 9.64 Å². The molecular formula is C25H32N6O. The Morgan fingerprint density at radius 2 is 2.16 bits per heavy atom. The molecule has 3 aromatic rings. The van der Waals surface area contributed by atoms with Gasteiger partial charge >= 0.3 is 0 Å². The Bertz CT molecular complexity index is 1080. The summed E-state index contributed by atoms with van der Waals surface area (Å²) >= 11 is 0. The Labute approximate surface area is 190 Å². The molecule has 1 unspecified atom stereocenters. The molecule has 0 spiro atoms. The monoisotopic (exact) mass is 432 g/mol. The van der Waals surface area contributed by atoms with Crippen molar-refractivity contribution in [3.05, 3.63) is 42.4 Å². The molecule has 0 bridgehead atoms. The minimum Gasteiger partial charge on any atom is -0.492 e. The summed E-state index contributed by atoms with van der Waals surface area (Å²) in [6.07, 6.45) is 9.11. The minimum absolute atomic E-state index is 0.540. The Kier molecular flexibility index (Phi) is 6.91. The second-order valence-electron chi connectivity index (χ2n) is 8.50. The number of piperidine rings is 1. The van der Waals surface area contributed by atoms with Crippen LogP contribution in [0.25, 0.3) is 16.6 Å². The molecule has 0 radical (unpaired) electrons. The average Bonchev–Trinajstić information content (AvgIpc) is 3.25. The fourth-order valence-electron chi connectivity index (χ4n) is 4.58. The number of likely N-dealkylation sites (tertiary alicyclic amines) is 1. The van der Waals surface area contributed by atoms with Crippen LogP contribution in [0, 0.1) is 17.2 Å². The highest BCUT2D eigenvalue weighted by Crippen LogP contribution is 2.31. The van der Waals surface area contributed by atoms with Crippen LogP contribution in [0.1, 0.15) is 38.7 Å². The first kappa shape index (κ1) is 22.1. The molecule has 0 saturated carbocycles. The number of anilines is 1. The van der Waals surface area contributed by atoms with Crippen LogP contribution in [-0.2, 0) is 0 Å². The number of ether oxygens (including phenoxy) is 1. The zero-order valence-electron chi connectivity index (χ0n) is 19.3. The largest absolute Gasteiger partial charge is 0.492 e. The van der Waals surface area contributed by atoms with Crippen molar-refractivity contribution < 1.29 is 4.74 Å². The summed E-state index contributed by atoms with van der Waals surface area (Å²) in [5, 5.41) is 13.9. The number of fused-ring (bicyclic) bond motifs is 1. The fourth-order valence-corrected chi connectivity index (χ4v) is 4.58. The number of nitrogens with zero attached hydrogens (tertiary/aromatic N) is 6. The van der Waals surface area contributed by atoms with E-state index in [2.05, 4.69) is 47.1 Å². The lowest BCUT2D eigenvalue weighted by Gasteiger charge is -2.32. The lowest BCUT2D eigenvalue weighted by atomic mass is 9.94. The summed E-state index contributed by atoms with van der Waals surface area (Å²) in [6.45, 7) is 9.38. The van der Waals surface area contributed by atoms with Crippen molar-refractivity contribution in [2.45, 2.75) is 33.1 Å². The Hall–Kier alpha value is -3.11. The number of pyridine rings is 2. The molecular weight excluding hydrogens is 400 g/mol. The van der Waals surface area contributed by atoms with Crippen LogP contribution in [0.5, 0.6) is 5.75 Å². The molecule has 4 rings (SSSR count). The molecule has 0 N–H and O–H groups in total. The molecule has 1 atom stereocenters. The zero-order chi connectivity index (χ0) is 22.5. The normalized spacial score (nSPS) is 16.8. The number of rotatable bonds is 8. The highest BCUT2D eigenvalue weighted by molar-refractivity contribution is 5.85. The maximum atomic E-state index is 9.52. The molecule has 1 aliphatic rings. The smallest absolute Gasteiger partial charge is 0.138 e. The van der Waals surface area contributed by atoms with Crippen LogP contribution in [-0.4, -0.2) is 59.3 Å². The van der Waals surface area contributed by atoms with Gasteiger partial charge in [-0.25, -0.2) is 9.50 Å². The van der Waals surface area contributed by atoms with Crippen LogP contribution in [0.4, 0.5) is 5.82 Å². The van der Waals surface area contributed by atoms with Crippen molar-refractivity contribution in [3.8, 4) is 22.9 Å². The summed E-state index contributed by atoms with van der Waals surface area (Å²) in [7, 11) is 2.11. The van der Waals surface area contributed by atoms with E-state index in [9.17, 15) is 5.26 Å². The van der Waals surface area contributed by atoms with Gasteiger partial charge < -0.3 is 14.5 Å². The molecule has 168 valence electrons. The third-order valence-electron chi connectivity index (χ3n) is 6.39. The van der Waals surface area contributed by atoms with E-state index in [0.29, 0.717) is 12.2 Å². The zero-order valence-corrected chi connectivity index (χ0v) is 19.3. The summed E-state index contributed by atoms with van der Waals surface area (Å²) in [6, 6.07) is 8.33. The fraction of sp³-hybridized carbons (Fsp3) is 0.480. The van der Waals surface area contributed by atoms with Gasteiger partial charge in [-0.1, -0.05) is 6.92 Å². The summed E-state index contributed by atoms with van der Waals surface area (Å²) in [4.78, 5) is 9.53. The molecule has 7 heteroatoms. The third kappa shape index (κ3) is 4.71. The van der Waals surface area contributed by atoms with Gasteiger partial charge in [0.25, 0.3) is 0 Å². The number of aromatic nitrogens is 3. The number of hydrogen-bond acceptors (Lipinski definition) is 6. The molecule has 4 heterocycles. The standard InChI is InChI=1S/C25H32N6O/c1-4-30-11-6-7-19(17-30)10-12-29(3)24-9-8-20(15-27-24)23-13-22(32-5-2)18-31-25(23)21(14-26)16-28-31/h8-9,13,15-16,18-19H,4-7,10-12,17H2,1-3H3. The van der Waals surface area contributed by atoms with E-state index in [-0.39, 0.29) is 0 Å². The molecule has 0 aliphatic carbocycles. The van der Waals surface area contributed by atoms with Crippen molar-refractivity contribution in [2.75, 3.05) is 44.7 Å². The van der Waals surface area contributed by atoms with E-state index in [0.717, 1.165) is 47.2 Å². The van der Waals surface area contributed by atoms with Gasteiger partial charge in [0.1, 0.15) is 17.6 Å². The van der Waals surface area contributed by atoms with Crippen molar-refractivity contribution in [1.29, 1.82) is 5.26 Å². The first-order chi connectivity index (χ1) is 15.6. The molecule has 32 heavy (non-hydrogen) atoms. The van der Waals surface area contributed by atoms with Crippen LogP contribution in [0.2, 0.25) is 0 Å². The van der Waals surface area contributed by atoms with Gasteiger partial charge in [0.05, 0.1) is 30.1 Å². The Morgan fingerprint density at radius 1 is 1.28 bits per heavy atom. The number of nitriles is 1. The van der Waals surface area contributed by atoms with Gasteiger partial charge in [-0.15, -0.1) is 0 Å². The molecule has 1 fully saturated rings. The van der Waals surface area contributed by atoms with Crippen molar-refractivity contribution in [3.63, 3.8) is 0 Å². The summed E-state index contributed by atoms with van der Waals surface area (Å²) < 4.78 is 7.42. The van der Waals surface area contributed by atoms with Crippen molar-refractivity contribution in [2.24, 2.45) is 5.92 Å². The lowest BCUT2D eigenvalue weighted by molar-refractivity contribution is 0.177. The second kappa shape index (κ2) is 10.0. The van der Waals surface area contributed by atoms with E-state index in [1.165, 1.54) is 32.4 Å². The maximum Gasteiger partial charge on any atom is 0.138 e. The van der Waals surface area contributed by atoms with E-state index in [1.807, 2.05) is 25.4 Å². The molecule has 0 amide bonds. The highest BCUT2D eigenvalue weighted by Gasteiger charge is 2.19. The first-order valence-electron chi connectivity index (χ1n) is 11.6. The summed E-state index contributed by atoms with van der Waals surface area (Å²) in [5.74, 6) is 2.45. The van der Waals surface area contributed by atoms with Gasteiger partial charge in [-0.05, 0) is 63.4 Å². The van der Waals surface area contributed by atoms with Gasteiger partial charge in [0, 0.05) is 37.5 Å². The van der Waals surface area contributed by atoms with E-state index >= 15 is 0 Å². The Balaban J connectivity index is 1.51. The van der Waals surface area contributed by atoms with Crippen LogP contribution in [0.15, 0.2) is 36.8 Å². The average molecular weight is 433 g/mol. The number of hydrogen-bond donors (Lipinski definition) is 0.